The first kappa shape index (κ1) is 21.1. The number of hydrogen-bond donors (Lipinski definition) is 0. The van der Waals surface area contributed by atoms with Gasteiger partial charge in [0, 0.05) is 6.42 Å². The maximum atomic E-state index is 6.24. The summed E-state index contributed by atoms with van der Waals surface area (Å²) in [5.74, 6) is 1.77. The standard InChI is InChI=1S/C25H22O2.C5H6O/c1-26-19-8-10-20(11-9-19)27-21-12-15-23-18(16-21)7-14-24-22-5-3-2-4-17(22)6-13-25(23)24;1-2-4-6-5-3-1/h2-11,13-14,21H,12,15-16H2,1H3;1-4H,5H2. The fourth-order valence-corrected chi connectivity index (χ4v) is 4.63. The molecule has 0 spiro atoms. The molecule has 0 fully saturated rings. The van der Waals surface area contributed by atoms with E-state index in [0.717, 1.165) is 37.4 Å². The molecule has 0 N–H and O–H groups in total. The summed E-state index contributed by atoms with van der Waals surface area (Å²) in [5, 5.41) is 5.41. The van der Waals surface area contributed by atoms with Gasteiger partial charge >= 0.3 is 0 Å². The summed E-state index contributed by atoms with van der Waals surface area (Å²) < 4.78 is 16.3. The molecule has 0 radical (unpaired) electrons. The number of hydrogen-bond acceptors (Lipinski definition) is 3. The molecule has 0 amide bonds. The first-order chi connectivity index (χ1) is 16.3. The van der Waals surface area contributed by atoms with Crippen molar-refractivity contribution in [3.63, 3.8) is 0 Å². The van der Waals surface area contributed by atoms with E-state index in [0.29, 0.717) is 0 Å². The van der Waals surface area contributed by atoms with Crippen molar-refractivity contribution in [3.05, 3.63) is 108 Å². The lowest BCUT2D eigenvalue weighted by atomic mass is 9.85. The molecule has 1 aliphatic heterocycles. The highest BCUT2D eigenvalue weighted by Crippen LogP contribution is 2.34. The molecule has 1 atom stereocenters. The van der Waals surface area contributed by atoms with E-state index in [2.05, 4.69) is 48.5 Å². The molecule has 0 aromatic heterocycles. The Kier molecular flexibility index (Phi) is 6.30. The highest BCUT2D eigenvalue weighted by molar-refractivity contribution is 6.08. The predicted molar refractivity (Wildman–Crippen MR) is 135 cm³/mol. The minimum Gasteiger partial charge on any atom is -0.497 e. The minimum absolute atomic E-state index is 0.226. The van der Waals surface area contributed by atoms with Gasteiger partial charge in [0.2, 0.25) is 0 Å². The molecule has 3 nitrogen and oxygen atoms in total. The van der Waals surface area contributed by atoms with Crippen LogP contribution in [0.15, 0.2) is 97.3 Å². The van der Waals surface area contributed by atoms with Crippen LogP contribution in [0.4, 0.5) is 0 Å². The Morgan fingerprint density at radius 3 is 2.33 bits per heavy atom. The van der Waals surface area contributed by atoms with Crippen molar-refractivity contribution in [3.8, 4) is 11.5 Å². The third kappa shape index (κ3) is 4.73. The second kappa shape index (κ2) is 9.83. The first-order valence-corrected chi connectivity index (χ1v) is 11.5. The molecule has 4 aromatic rings. The van der Waals surface area contributed by atoms with Gasteiger partial charge in [-0.3, -0.25) is 0 Å². The highest BCUT2D eigenvalue weighted by Gasteiger charge is 2.22. The van der Waals surface area contributed by atoms with E-state index in [1.807, 2.05) is 42.5 Å². The Bertz CT molecular complexity index is 1290. The van der Waals surface area contributed by atoms with Crippen LogP contribution in [0, 0.1) is 0 Å². The molecule has 3 heteroatoms. The smallest absolute Gasteiger partial charge is 0.120 e. The molecule has 4 aromatic carbocycles. The number of fused-ring (bicyclic) bond motifs is 5. The number of benzene rings is 4. The average Bonchev–Trinajstić information content (AvgIpc) is 2.90. The quantitative estimate of drug-likeness (QED) is 0.323. The Hall–Kier alpha value is -3.72. The number of allylic oxidation sites excluding steroid dienone is 2. The Labute approximate surface area is 194 Å². The summed E-state index contributed by atoms with van der Waals surface area (Å²) in [6.07, 6.45) is 10.8. The van der Waals surface area contributed by atoms with Crippen LogP contribution in [0.2, 0.25) is 0 Å². The van der Waals surface area contributed by atoms with Crippen molar-refractivity contribution >= 4 is 21.5 Å². The van der Waals surface area contributed by atoms with Crippen LogP contribution in [0.3, 0.4) is 0 Å². The maximum Gasteiger partial charge on any atom is 0.120 e. The Morgan fingerprint density at radius 1 is 0.788 bits per heavy atom. The summed E-state index contributed by atoms with van der Waals surface area (Å²) in [5.41, 5.74) is 2.91. The van der Waals surface area contributed by atoms with Gasteiger partial charge < -0.3 is 14.2 Å². The van der Waals surface area contributed by atoms with Crippen LogP contribution in [0.25, 0.3) is 21.5 Å². The fraction of sp³-hybridized carbons (Fsp3) is 0.200. The van der Waals surface area contributed by atoms with Crippen molar-refractivity contribution in [1.82, 2.24) is 0 Å². The second-order valence-electron chi connectivity index (χ2n) is 8.33. The van der Waals surface area contributed by atoms with E-state index in [-0.39, 0.29) is 6.10 Å². The Morgan fingerprint density at radius 2 is 1.61 bits per heavy atom. The van der Waals surface area contributed by atoms with E-state index in [4.69, 9.17) is 14.2 Å². The van der Waals surface area contributed by atoms with Crippen molar-refractivity contribution in [2.45, 2.75) is 25.4 Å². The van der Waals surface area contributed by atoms with Gasteiger partial charge in [0.05, 0.1) is 13.4 Å². The zero-order valence-corrected chi connectivity index (χ0v) is 18.9. The number of rotatable bonds is 3. The van der Waals surface area contributed by atoms with Gasteiger partial charge in [0.15, 0.2) is 0 Å². The fourth-order valence-electron chi connectivity index (χ4n) is 4.63. The van der Waals surface area contributed by atoms with Gasteiger partial charge in [0.25, 0.3) is 0 Å². The SMILES string of the molecule is C1=CCOC=C1.COc1ccc(OC2CCc3c(ccc4c3ccc3ccccc34)C2)cc1. The van der Waals surface area contributed by atoms with Gasteiger partial charge in [-0.05, 0) is 81.9 Å². The van der Waals surface area contributed by atoms with E-state index in [1.165, 1.54) is 32.7 Å². The van der Waals surface area contributed by atoms with Crippen LogP contribution in [-0.2, 0) is 17.6 Å². The lowest BCUT2D eigenvalue weighted by molar-refractivity contribution is 0.185. The van der Waals surface area contributed by atoms with Gasteiger partial charge in [0.1, 0.15) is 24.2 Å². The molecule has 1 heterocycles. The summed E-state index contributed by atoms with van der Waals surface area (Å²) in [4.78, 5) is 0. The number of aryl methyl sites for hydroxylation is 1. The van der Waals surface area contributed by atoms with Gasteiger partial charge in [-0.2, -0.15) is 0 Å². The van der Waals surface area contributed by atoms with Crippen LogP contribution in [0.1, 0.15) is 17.5 Å². The van der Waals surface area contributed by atoms with Crippen molar-refractivity contribution in [1.29, 1.82) is 0 Å². The van der Waals surface area contributed by atoms with Crippen LogP contribution < -0.4 is 9.47 Å². The molecule has 1 unspecified atom stereocenters. The number of methoxy groups -OCH3 is 1. The summed E-state index contributed by atoms with van der Waals surface area (Å²) >= 11 is 0. The van der Waals surface area contributed by atoms with Crippen molar-refractivity contribution in [2.75, 3.05) is 13.7 Å². The summed E-state index contributed by atoms with van der Waals surface area (Å²) in [6, 6.07) is 25.6. The summed E-state index contributed by atoms with van der Waals surface area (Å²) in [7, 11) is 1.68. The Balaban J connectivity index is 0.000000332. The van der Waals surface area contributed by atoms with E-state index in [1.54, 1.807) is 13.4 Å². The third-order valence-corrected chi connectivity index (χ3v) is 6.28. The largest absolute Gasteiger partial charge is 0.497 e. The molecule has 33 heavy (non-hydrogen) atoms. The maximum absolute atomic E-state index is 6.24. The molecule has 2 aliphatic rings. The normalized spacial score (nSPS) is 16.5. The predicted octanol–water partition coefficient (Wildman–Crippen LogP) is 7.02. The molecule has 166 valence electrons. The monoisotopic (exact) mass is 436 g/mol. The van der Waals surface area contributed by atoms with Crippen molar-refractivity contribution in [2.24, 2.45) is 0 Å². The lowest BCUT2D eigenvalue weighted by Gasteiger charge is -2.27. The van der Waals surface area contributed by atoms with Crippen LogP contribution in [-0.4, -0.2) is 19.8 Å². The van der Waals surface area contributed by atoms with Gasteiger partial charge in [-0.25, -0.2) is 0 Å². The average molecular weight is 437 g/mol. The molecule has 1 aliphatic carbocycles. The molecular formula is C30H28O3. The van der Waals surface area contributed by atoms with Gasteiger partial charge in [-0.15, -0.1) is 0 Å². The van der Waals surface area contributed by atoms with E-state index < -0.39 is 0 Å². The third-order valence-electron chi connectivity index (χ3n) is 6.28. The first-order valence-electron chi connectivity index (χ1n) is 11.5. The molecule has 0 saturated heterocycles. The zero-order chi connectivity index (χ0) is 22.5. The summed E-state index contributed by atoms with van der Waals surface area (Å²) in [6.45, 7) is 0.733. The topological polar surface area (TPSA) is 27.7 Å². The van der Waals surface area contributed by atoms with E-state index in [9.17, 15) is 0 Å². The second-order valence-corrected chi connectivity index (χ2v) is 8.33. The van der Waals surface area contributed by atoms with E-state index >= 15 is 0 Å². The van der Waals surface area contributed by atoms with Crippen molar-refractivity contribution < 1.29 is 14.2 Å². The molecule has 0 bridgehead atoms. The van der Waals surface area contributed by atoms with Gasteiger partial charge in [-0.1, -0.05) is 54.6 Å². The lowest BCUT2D eigenvalue weighted by Crippen LogP contribution is -2.25. The molecule has 6 rings (SSSR count). The highest BCUT2D eigenvalue weighted by atomic mass is 16.5. The minimum atomic E-state index is 0.226. The molecule has 0 saturated carbocycles. The van der Waals surface area contributed by atoms with Crippen LogP contribution in [0.5, 0.6) is 11.5 Å². The van der Waals surface area contributed by atoms with Crippen LogP contribution >= 0.6 is 0 Å². The number of ether oxygens (including phenoxy) is 3. The zero-order valence-electron chi connectivity index (χ0n) is 18.9. The molecular weight excluding hydrogens is 408 g/mol.